The van der Waals surface area contributed by atoms with Gasteiger partial charge in [0.15, 0.2) is 0 Å². The van der Waals surface area contributed by atoms with E-state index in [0.29, 0.717) is 50.0 Å². The van der Waals surface area contributed by atoms with Gasteiger partial charge in [-0.25, -0.2) is 14.4 Å². The zero-order valence-electron chi connectivity index (χ0n) is 29.5. The second kappa shape index (κ2) is 20.3. The Balaban J connectivity index is 0.000000295. The minimum atomic E-state index is -0.922. The maximum atomic E-state index is 12.8. The monoisotopic (exact) mass is 733 g/mol. The van der Waals surface area contributed by atoms with Crippen LogP contribution >= 0.6 is 0 Å². The molecule has 53 heavy (non-hydrogen) atoms. The van der Waals surface area contributed by atoms with Gasteiger partial charge >= 0.3 is 18.3 Å². The standard InChI is InChI=1S/C21H31N5O4.C15H12N2O6/c1-21(2,3)30-20(29)26-17(18(27)23-10-6-7-11-24-19(22)28)12-14-13-25-16-9-5-4-8-15(14)16;18-10-16-12-3-1-11(2-4-12)9-22-15(19)23-14-7-5-13(6-8-14)17(20)21/h4-5,8-9,13,17,25H,6-7,10-12H2,1-3H3,(H,23,27)(H,26,29)(H3,22,24,28);1-8,10H,9H2,(H,16,18). The first kappa shape index (κ1) is 40.8. The lowest BCUT2D eigenvalue weighted by atomic mass is 10.0. The highest BCUT2D eigenvalue weighted by atomic mass is 16.7. The van der Waals surface area contributed by atoms with Crippen LogP contribution in [0, 0.1) is 10.1 Å². The van der Waals surface area contributed by atoms with Gasteiger partial charge in [-0.15, -0.1) is 0 Å². The molecule has 0 spiro atoms. The van der Waals surface area contributed by atoms with Crippen LogP contribution in [0.1, 0.15) is 44.7 Å². The summed E-state index contributed by atoms with van der Waals surface area (Å²) in [6.45, 7) is 6.15. The second-order valence-electron chi connectivity index (χ2n) is 12.4. The summed E-state index contributed by atoms with van der Waals surface area (Å²) >= 11 is 0. The van der Waals surface area contributed by atoms with Crippen LogP contribution in [0.3, 0.4) is 0 Å². The van der Waals surface area contributed by atoms with E-state index in [9.17, 15) is 34.1 Å². The number of ether oxygens (including phenoxy) is 3. The molecule has 0 radical (unpaired) electrons. The first-order valence-electron chi connectivity index (χ1n) is 16.5. The molecule has 7 N–H and O–H groups in total. The van der Waals surface area contributed by atoms with Crippen molar-refractivity contribution < 1.29 is 43.1 Å². The molecule has 1 atom stereocenters. The predicted octanol–water partition coefficient (Wildman–Crippen LogP) is 5.05. The Labute approximate surface area is 305 Å². The van der Waals surface area contributed by atoms with Crippen LogP contribution in [0.15, 0.2) is 79.0 Å². The maximum absolute atomic E-state index is 12.8. The van der Waals surface area contributed by atoms with Gasteiger partial charge in [0.1, 0.15) is 24.0 Å². The molecular formula is C36H43N7O10. The number of benzene rings is 3. The molecule has 0 aliphatic rings. The number of nitrogens with two attached hydrogens (primary N) is 1. The third-order valence-electron chi connectivity index (χ3n) is 7.09. The molecule has 282 valence electrons. The Kier molecular flexibility index (Phi) is 15.6. The van der Waals surface area contributed by atoms with Gasteiger partial charge in [0.05, 0.1) is 4.92 Å². The molecule has 0 fully saturated rings. The number of aromatic nitrogens is 1. The summed E-state index contributed by atoms with van der Waals surface area (Å²) in [6.07, 6.45) is 2.50. The lowest BCUT2D eigenvalue weighted by Crippen LogP contribution is -2.49. The highest BCUT2D eigenvalue weighted by Crippen LogP contribution is 2.20. The summed E-state index contributed by atoms with van der Waals surface area (Å²) in [5.41, 5.74) is 7.47. The molecule has 4 rings (SSSR count). The lowest BCUT2D eigenvalue weighted by Gasteiger charge is -2.23. The second-order valence-corrected chi connectivity index (χ2v) is 12.4. The molecule has 0 saturated carbocycles. The quantitative estimate of drug-likeness (QED) is 0.0237. The Hall–Kier alpha value is -6.65. The fourth-order valence-electron chi connectivity index (χ4n) is 4.64. The number of rotatable bonds is 15. The lowest BCUT2D eigenvalue weighted by molar-refractivity contribution is -0.384. The van der Waals surface area contributed by atoms with Crippen molar-refractivity contribution in [1.29, 1.82) is 0 Å². The third-order valence-corrected chi connectivity index (χ3v) is 7.09. The SMILES string of the molecule is CC(C)(C)OC(=O)NC(Cc1c[nH]c2ccccc12)C(=O)NCCCCNC(N)=O.O=CNc1ccc(COC(=O)Oc2ccc([N+](=O)[O-])cc2)cc1. The van der Waals surface area contributed by atoms with Crippen molar-refractivity contribution in [3.8, 4) is 5.75 Å². The summed E-state index contributed by atoms with van der Waals surface area (Å²) < 4.78 is 15.1. The van der Waals surface area contributed by atoms with E-state index in [1.807, 2.05) is 30.5 Å². The fourth-order valence-corrected chi connectivity index (χ4v) is 4.64. The van der Waals surface area contributed by atoms with Gasteiger partial charge in [-0.2, -0.15) is 0 Å². The molecular weight excluding hydrogens is 690 g/mol. The zero-order valence-corrected chi connectivity index (χ0v) is 29.5. The van der Waals surface area contributed by atoms with Gasteiger partial charge in [-0.1, -0.05) is 30.3 Å². The first-order valence-corrected chi connectivity index (χ1v) is 16.5. The molecule has 1 heterocycles. The van der Waals surface area contributed by atoms with Gasteiger partial charge in [0.2, 0.25) is 12.3 Å². The predicted molar refractivity (Wildman–Crippen MR) is 195 cm³/mol. The molecule has 17 nitrogen and oxygen atoms in total. The fraction of sp³-hybridized carbons (Fsp3) is 0.306. The van der Waals surface area contributed by atoms with Gasteiger partial charge in [-0.3, -0.25) is 19.7 Å². The van der Waals surface area contributed by atoms with Crippen LogP contribution in [0.5, 0.6) is 5.75 Å². The smallest absolute Gasteiger partial charge is 0.444 e. The zero-order chi connectivity index (χ0) is 38.8. The number of urea groups is 1. The number of nitrogens with one attached hydrogen (secondary N) is 5. The largest absolute Gasteiger partial charge is 0.514 e. The summed E-state index contributed by atoms with van der Waals surface area (Å²) in [5.74, 6) is -0.153. The van der Waals surface area contributed by atoms with E-state index in [-0.39, 0.29) is 24.0 Å². The molecule has 1 unspecified atom stereocenters. The summed E-state index contributed by atoms with van der Waals surface area (Å²) in [6, 6.07) is 18.2. The number of anilines is 1. The average molecular weight is 734 g/mol. The van der Waals surface area contributed by atoms with E-state index in [2.05, 4.69) is 26.3 Å². The summed E-state index contributed by atoms with van der Waals surface area (Å²) in [4.78, 5) is 70.6. The van der Waals surface area contributed by atoms with Crippen molar-refractivity contribution in [2.24, 2.45) is 5.73 Å². The van der Waals surface area contributed by atoms with E-state index in [4.69, 9.17) is 19.9 Å². The third kappa shape index (κ3) is 15.0. The van der Waals surface area contributed by atoms with E-state index in [0.717, 1.165) is 16.5 Å². The minimum absolute atomic E-state index is 0.00676. The highest BCUT2D eigenvalue weighted by Gasteiger charge is 2.25. The summed E-state index contributed by atoms with van der Waals surface area (Å²) in [5, 5.41) is 22.0. The Morgan fingerprint density at radius 1 is 0.943 bits per heavy atom. The van der Waals surface area contributed by atoms with Crippen molar-refractivity contribution in [2.45, 2.75) is 58.3 Å². The molecule has 5 amide bonds. The maximum Gasteiger partial charge on any atom is 0.514 e. The molecule has 3 aromatic carbocycles. The Morgan fingerprint density at radius 3 is 2.23 bits per heavy atom. The number of H-pyrrole nitrogens is 1. The van der Waals surface area contributed by atoms with E-state index in [1.54, 1.807) is 45.0 Å². The average Bonchev–Trinajstić information content (AvgIpc) is 3.51. The molecule has 0 aliphatic carbocycles. The number of alkyl carbamates (subject to hydrolysis) is 1. The van der Waals surface area contributed by atoms with Crippen molar-refractivity contribution in [3.05, 3.63) is 100 Å². The van der Waals surface area contributed by atoms with Crippen molar-refractivity contribution in [2.75, 3.05) is 18.4 Å². The van der Waals surface area contributed by atoms with Crippen LogP contribution in [0.4, 0.5) is 25.8 Å². The van der Waals surface area contributed by atoms with Crippen LogP contribution in [0.25, 0.3) is 10.9 Å². The molecule has 0 aliphatic heterocycles. The number of nitro benzene ring substituents is 1. The van der Waals surface area contributed by atoms with Gasteiger partial charge in [0.25, 0.3) is 5.69 Å². The van der Waals surface area contributed by atoms with Crippen LogP contribution in [-0.4, -0.2) is 65.2 Å². The number of amides is 5. The highest BCUT2D eigenvalue weighted by molar-refractivity contribution is 5.88. The first-order chi connectivity index (χ1) is 25.2. The van der Waals surface area contributed by atoms with E-state index in [1.165, 1.54) is 24.3 Å². The summed E-state index contributed by atoms with van der Waals surface area (Å²) in [7, 11) is 0. The van der Waals surface area contributed by atoms with Crippen molar-refractivity contribution in [3.63, 3.8) is 0 Å². The topological polar surface area (TPSA) is 246 Å². The van der Waals surface area contributed by atoms with Gasteiger partial charge in [-0.05, 0) is 75.1 Å². The number of hydrogen-bond donors (Lipinski definition) is 6. The number of aromatic amines is 1. The Bertz CT molecular complexity index is 1840. The van der Waals surface area contributed by atoms with Crippen LogP contribution in [0.2, 0.25) is 0 Å². The number of carbonyl (C=O) groups excluding carboxylic acids is 5. The van der Waals surface area contributed by atoms with Crippen molar-refractivity contribution >= 4 is 52.9 Å². The van der Waals surface area contributed by atoms with E-state index < -0.39 is 34.8 Å². The number of fused-ring (bicyclic) bond motifs is 1. The number of nitro groups is 1. The van der Waals surface area contributed by atoms with Gasteiger partial charge < -0.3 is 46.2 Å². The molecule has 0 saturated heterocycles. The molecule has 1 aromatic heterocycles. The molecule has 4 aromatic rings. The normalized spacial score (nSPS) is 11.2. The number of primary amides is 1. The van der Waals surface area contributed by atoms with Gasteiger partial charge in [0, 0.05) is 54.4 Å². The number of nitrogens with zero attached hydrogens (tertiary/aromatic N) is 1. The number of carbonyl (C=O) groups is 5. The number of non-ortho nitro benzene ring substituents is 1. The number of para-hydroxylation sites is 1. The Morgan fingerprint density at radius 2 is 1.60 bits per heavy atom. The van der Waals surface area contributed by atoms with Crippen LogP contribution < -0.4 is 31.7 Å². The van der Waals surface area contributed by atoms with E-state index >= 15 is 0 Å². The minimum Gasteiger partial charge on any atom is -0.444 e. The van der Waals surface area contributed by atoms with Crippen LogP contribution in [-0.2, 0) is 32.1 Å². The number of unbranched alkanes of at least 4 members (excludes halogenated alkanes) is 1. The molecule has 0 bridgehead atoms. The number of hydrogen-bond acceptors (Lipinski definition) is 10. The molecule has 17 heteroatoms. The van der Waals surface area contributed by atoms with Crippen molar-refractivity contribution in [1.82, 2.24) is 20.9 Å².